The van der Waals surface area contributed by atoms with Crippen LogP contribution >= 0.6 is 0 Å². The quantitative estimate of drug-likeness (QED) is 0.804. The Kier molecular flexibility index (Phi) is 5.99. The van der Waals surface area contributed by atoms with Gasteiger partial charge in [0, 0.05) is 25.7 Å². The molecule has 1 saturated heterocycles. The molecule has 0 amide bonds. The van der Waals surface area contributed by atoms with Gasteiger partial charge in [0.25, 0.3) is 0 Å². The van der Waals surface area contributed by atoms with E-state index >= 15 is 0 Å². The molecule has 20 heavy (non-hydrogen) atoms. The number of hydrogen-bond donors (Lipinski definition) is 1. The second kappa shape index (κ2) is 7.75. The van der Waals surface area contributed by atoms with E-state index in [0.29, 0.717) is 24.3 Å². The molecular formula is C17H27FN2. The number of halogens is 1. The summed E-state index contributed by atoms with van der Waals surface area (Å²) in [6.45, 7) is 8.46. The third kappa shape index (κ3) is 4.29. The van der Waals surface area contributed by atoms with Gasteiger partial charge in [0.15, 0.2) is 0 Å². The van der Waals surface area contributed by atoms with Crippen LogP contribution in [0.25, 0.3) is 0 Å². The summed E-state index contributed by atoms with van der Waals surface area (Å²) in [5.41, 5.74) is 1.38. The molecule has 0 unspecified atom stereocenters. The molecule has 1 aliphatic rings. The third-order valence-corrected chi connectivity index (χ3v) is 4.26. The molecule has 1 aromatic carbocycles. The van der Waals surface area contributed by atoms with Crippen LogP contribution in [-0.4, -0.2) is 37.3 Å². The molecule has 112 valence electrons. The maximum absolute atomic E-state index is 12.2. The van der Waals surface area contributed by atoms with Crippen molar-refractivity contribution in [2.24, 2.45) is 11.8 Å². The summed E-state index contributed by atoms with van der Waals surface area (Å²) in [6, 6.07) is 11.2. The van der Waals surface area contributed by atoms with Gasteiger partial charge in [0.1, 0.15) is 0 Å². The third-order valence-electron chi connectivity index (χ3n) is 4.26. The van der Waals surface area contributed by atoms with E-state index in [9.17, 15) is 4.39 Å². The molecule has 3 heteroatoms. The van der Waals surface area contributed by atoms with Crippen molar-refractivity contribution >= 4 is 0 Å². The summed E-state index contributed by atoms with van der Waals surface area (Å²) in [7, 11) is 0. The van der Waals surface area contributed by atoms with E-state index in [-0.39, 0.29) is 6.67 Å². The number of rotatable bonds is 6. The summed E-state index contributed by atoms with van der Waals surface area (Å²) in [4.78, 5) is 2.54. The Bertz CT molecular complexity index is 370. The minimum Gasteiger partial charge on any atom is -0.313 e. The van der Waals surface area contributed by atoms with Gasteiger partial charge in [-0.2, -0.15) is 0 Å². The SMILES string of the molecule is C[C@H]1CN(Cc2ccccc2)C[C@H](C)C1NCCCF. The largest absolute Gasteiger partial charge is 0.313 e. The fourth-order valence-corrected chi connectivity index (χ4v) is 3.39. The number of alkyl halides is 1. The van der Waals surface area contributed by atoms with Crippen molar-refractivity contribution in [3.63, 3.8) is 0 Å². The molecule has 0 spiro atoms. The zero-order valence-electron chi connectivity index (χ0n) is 12.7. The van der Waals surface area contributed by atoms with Crippen LogP contribution in [0.1, 0.15) is 25.8 Å². The van der Waals surface area contributed by atoms with Crippen LogP contribution in [0.15, 0.2) is 30.3 Å². The molecule has 1 heterocycles. The predicted molar refractivity (Wildman–Crippen MR) is 82.4 cm³/mol. The molecular weight excluding hydrogens is 251 g/mol. The van der Waals surface area contributed by atoms with Gasteiger partial charge >= 0.3 is 0 Å². The molecule has 0 radical (unpaired) electrons. The fraction of sp³-hybridized carbons (Fsp3) is 0.647. The van der Waals surface area contributed by atoms with Crippen LogP contribution in [0.3, 0.4) is 0 Å². The number of piperidine rings is 1. The van der Waals surface area contributed by atoms with E-state index < -0.39 is 0 Å². The highest BCUT2D eigenvalue weighted by molar-refractivity contribution is 5.14. The number of nitrogens with zero attached hydrogens (tertiary/aromatic N) is 1. The van der Waals surface area contributed by atoms with Gasteiger partial charge in [-0.3, -0.25) is 9.29 Å². The summed E-state index contributed by atoms with van der Waals surface area (Å²) in [6.07, 6.45) is 0.629. The van der Waals surface area contributed by atoms with Crippen LogP contribution in [0.2, 0.25) is 0 Å². The topological polar surface area (TPSA) is 15.3 Å². The van der Waals surface area contributed by atoms with Gasteiger partial charge in [0.2, 0.25) is 0 Å². The normalized spacial score (nSPS) is 24.9. The Balaban J connectivity index is 1.85. The van der Waals surface area contributed by atoms with Crippen molar-refractivity contribution in [3.8, 4) is 0 Å². The van der Waals surface area contributed by atoms with Crippen molar-refractivity contribution in [2.75, 3.05) is 26.3 Å². The van der Waals surface area contributed by atoms with Gasteiger partial charge in [0.05, 0.1) is 6.67 Å². The molecule has 1 fully saturated rings. The van der Waals surface area contributed by atoms with E-state index in [1.165, 1.54) is 5.56 Å². The van der Waals surface area contributed by atoms with Crippen molar-refractivity contribution in [1.29, 1.82) is 0 Å². The van der Waals surface area contributed by atoms with E-state index in [0.717, 1.165) is 26.2 Å². The number of likely N-dealkylation sites (tertiary alicyclic amines) is 1. The number of hydrogen-bond acceptors (Lipinski definition) is 2. The van der Waals surface area contributed by atoms with Crippen LogP contribution in [-0.2, 0) is 6.54 Å². The second-order valence-electron chi connectivity index (χ2n) is 6.16. The van der Waals surface area contributed by atoms with Crippen LogP contribution in [0.5, 0.6) is 0 Å². The maximum atomic E-state index is 12.2. The standard InChI is InChI=1S/C17H27FN2/c1-14-11-20(13-16-7-4-3-5-8-16)12-15(2)17(14)19-10-6-9-18/h3-5,7-8,14-15,17,19H,6,9-13H2,1-2H3/t14-,15-/m0/s1. The fourth-order valence-electron chi connectivity index (χ4n) is 3.39. The molecule has 0 aromatic heterocycles. The molecule has 0 saturated carbocycles. The van der Waals surface area contributed by atoms with Gasteiger partial charge in [-0.1, -0.05) is 44.2 Å². The first kappa shape index (κ1) is 15.5. The summed E-state index contributed by atoms with van der Waals surface area (Å²) in [5, 5.41) is 3.54. The highest BCUT2D eigenvalue weighted by Crippen LogP contribution is 2.23. The van der Waals surface area contributed by atoms with Crippen molar-refractivity contribution in [2.45, 2.75) is 32.9 Å². The summed E-state index contributed by atoms with van der Waals surface area (Å²) >= 11 is 0. The predicted octanol–water partition coefficient (Wildman–Crippen LogP) is 3.09. The van der Waals surface area contributed by atoms with E-state index in [1.54, 1.807) is 0 Å². The zero-order valence-corrected chi connectivity index (χ0v) is 12.7. The minimum atomic E-state index is -0.220. The van der Waals surface area contributed by atoms with Gasteiger partial charge < -0.3 is 5.32 Å². The van der Waals surface area contributed by atoms with Gasteiger partial charge in [-0.15, -0.1) is 0 Å². The lowest BCUT2D eigenvalue weighted by Crippen LogP contribution is -2.53. The first-order chi connectivity index (χ1) is 9.70. The molecule has 1 aromatic rings. The smallest absolute Gasteiger partial charge is 0.0906 e. The van der Waals surface area contributed by atoms with Crippen LogP contribution in [0.4, 0.5) is 4.39 Å². The first-order valence-corrected chi connectivity index (χ1v) is 7.76. The molecule has 0 aliphatic carbocycles. The summed E-state index contributed by atoms with van der Waals surface area (Å²) in [5.74, 6) is 1.23. The second-order valence-corrected chi connectivity index (χ2v) is 6.16. The lowest BCUT2D eigenvalue weighted by molar-refractivity contribution is 0.0945. The lowest BCUT2D eigenvalue weighted by Gasteiger charge is -2.42. The van der Waals surface area contributed by atoms with Crippen LogP contribution < -0.4 is 5.32 Å². The average Bonchev–Trinajstić information content (AvgIpc) is 2.43. The Hall–Kier alpha value is -0.930. The highest BCUT2D eigenvalue weighted by atomic mass is 19.1. The Morgan fingerprint density at radius 3 is 2.40 bits per heavy atom. The minimum absolute atomic E-state index is 0.220. The molecule has 1 N–H and O–H groups in total. The first-order valence-electron chi connectivity index (χ1n) is 7.76. The van der Waals surface area contributed by atoms with E-state index in [4.69, 9.17) is 0 Å². The Morgan fingerprint density at radius 1 is 1.15 bits per heavy atom. The van der Waals surface area contributed by atoms with E-state index in [2.05, 4.69) is 54.4 Å². The van der Waals surface area contributed by atoms with E-state index in [1.807, 2.05) is 0 Å². The Labute approximate surface area is 122 Å². The molecule has 2 rings (SSSR count). The summed E-state index contributed by atoms with van der Waals surface area (Å²) < 4.78 is 12.2. The zero-order chi connectivity index (χ0) is 14.4. The average molecular weight is 278 g/mol. The monoisotopic (exact) mass is 278 g/mol. The number of benzene rings is 1. The number of nitrogens with one attached hydrogen (secondary N) is 1. The molecule has 1 aliphatic heterocycles. The lowest BCUT2D eigenvalue weighted by atomic mass is 9.85. The molecule has 2 nitrogen and oxygen atoms in total. The van der Waals surface area contributed by atoms with Crippen molar-refractivity contribution in [1.82, 2.24) is 10.2 Å². The maximum Gasteiger partial charge on any atom is 0.0906 e. The van der Waals surface area contributed by atoms with Gasteiger partial charge in [-0.25, -0.2) is 0 Å². The molecule has 0 bridgehead atoms. The van der Waals surface area contributed by atoms with Crippen molar-refractivity contribution < 1.29 is 4.39 Å². The molecule has 2 atom stereocenters. The van der Waals surface area contributed by atoms with Crippen molar-refractivity contribution in [3.05, 3.63) is 35.9 Å². The van der Waals surface area contributed by atoms with Crippen LogP contribution in [0, 0.1) is 11.8 Å². The van der Waals surface area contributed by atoms with Gasteiger partial charge in [-0.05, 0) is 30.4 Å². The highest BCUT2D eigenvalue weighted by Gasteiger charge is 2.31. The Morgan fingerprint density at radius 2 is 1.80 bits per heavy atom.